The summed E-state index contributed by atoms with van der Waals surface area (Å²) in [4.78, 5) is 19.3. The molecule has 3 heterocycles. The Kier molecular flexibility index (Phi) is 3.46. The van der Waals surface area contributed by atoms with Crippen LogP contribution in [-0.4, -0.2) is 30.9 Å². The van der Waals surface area contributed by atoms with Crippen LogP contribution < -0.4 is 0 Å². The molecule has 2 aromatic heterocycles. The maximum Gasteiger partial charge on any atom is 0.275 e. The largest absolute Gasteiger partial charge is 0.327 e. The smallest absolute Gasteiger partial charge is 0.275 e. The summed E-state index contributed by atoms with van der Waals surface area (Å²) in [5, 5.41) is 4.40. The Morgan fingerprint density at radius 3 is 2.79 bits per heavy atom. The van der Waals surface area contributed by atoms with Crippen molar-refractivity contribution in [3.63, 3.8) is 0 Å². The first-order chi connectivity index (χ1) is 11.4. The lowest BCUT2D eigenvalue weighted by atomic mass is 9.85. The Morgan fingerprint density at radius 2 is 2.00 bits per heavy atom. The van der Waals surface area contributed by atoms with Gasteiger partial charge in [-0.25, -0.2) is 9.50 Å². The summed E-state index contributed by atoms with van der Waals surface area (Å²) in [6.07, 6.45) is 4.34. The third kappa shape index (κ3) is 2.51. The third-order valence-electron chi connectivity index (χ3n) is 4.55. The quantitative estimate of drug-likeness (QED) is 0.645. The molecule has 0 saturated heterocycles. The molecule has 0 saturated carbocycles. The van der Waals surface area contributed by atoms with Gasteiger partial charge in [0.2, 0.25) is 0 Å². The SMILES string of the molecule is CC1(C)Cc2ccccc2CN1C(=O)c1cc2ncc(Br)cn2n1. The number of benzene rings is 1. The van der Waals surface area contributed by atoms with Crippen molar-refractivity contribution in [2.24, 2.45) is 0 Å². The Balaban J connectivity index is 1.72. The van der Waals surface area contributed by atoms with Gasteiger partial charge in [-0.15, -0.1) is 0 Å². The van der Waals surface area contributed by atoms with Gasteiger partial charge in [0, 0.05) is 30.5 Å². The molecule has 0 N–H and O–H groups in total. The summed E-state index contributed by atoms with van der Waals surface area (Å²) in [6.45, 7) is 4.81. The molecule has 0 radical (unpaired) electrons. The first-order valence-electron chi connectivity index (χ1n) is 7.84. The molecule has 4 rings (SSSR count). The second-order valence-corrected chi connectivity index (χ2v) is 7.67. The maximum absolute atomic E-state index is 13.1. The van der Waals surface area contributed by atoms with Crippen molar-refractivity contribution in [1.82, 2.24) is 19.5 Å². The van der Waals surface area contributed by atoms with Gasteiger partial charge < -0.3 is 4.90 Å². The van der Waals surface area contributed by atoms with Crippen LogP contribution in [0.15, 0.2) is 47.2 Å². The van der Waals surface area contributed by atoms with Gasteiger partial charge in [0.05, 0.1) is 4.47 Å². The Morgan fingerprint density at radius 1 is 1.25 bits per heavy atom. The van der Waals surface area contributed by atoms with Crippen molar-refractivity contribution in [3.8, 4) is 0 Å². The molecule has 122 valence electrons. The summed E-state index contributed by atoms with van der Waals surface area (Å²) in [5.74, 6) is -0.0591. The van der Waals surface area contributed by atoms with Crippen molar-refractivity contribution in [2.75, 3.05) is 0 Å². The van der Waals surface area contributed by atoms with E-state index in [1.54, 1.807) is 23.0 Å². The van der Waals surface area contributed by atoms with E-state index < -0.39 is 0 Å². The van der Waals surface area contributed by atoms with E-state index in [-0.39, 0.29) is 11.4 Å². The van der Waals surface area contributed by atoms with Gasteiger partial charge in [0.15, 0.2) is 11.3 Å². The molecule has 0 fully saturated rings. The predicted octanol–water partition coefficient (Wildman–Crippen LogP) is 3.47. The molecule has 0 unspecified atom stereocenters. The highest BCUT2D eigenvalue weighted by molar-refractivity contribution is 9.10. The number of carbonyl (C=O) groups is 1. The summed E-state index contributed by atoms with van der Waals surface area (Å²) in [7, 11) is 0. The zero-order chi connectivity index (χ0) is 16.9. The molecule has 0 spiro atoms. The standard InChI is InChI=1S/C18H17BrN4O/c1-18(2)8-12-5-3-4-6-13(12)10-22(18)17(24)15-7-16-20-9-14(19)11-23(16)21-15/h3-7,9,11H,8,10H2,1-2H3. The number of amides is 1. The zero-order valence-corrected chi connectivity index (χ0v) is 15.1. The van der Waals surface area contributed by atoms with Gasteiger partial charge in [-0.1, -0.05) is 24.3 Å². The van der Waals surface area contributed by atoms with Crippen LogP contribution in [0, 0.1) is 0 Å². The number of carbonyl (C=O) groups excluding carboxylic acids is 1. The Bertz CT molecular complexity index is 947. The van der Waals surface area contributed by atoms with Crippen molar-refractivity contribution >= 4 is 27.5 Å². The number of rotatable bonds is 1. The average molecular weight is 385 g/mol. The highest BCUT2D eigenvalue weighted by atomic mass is 79.9. The zero-order valence-electron chi connectivity index (χ0n) is 13.5. The number of nitrogens with zero attached hydrogens (tertiary/aromatic N) is 4. The molecular formula is C18H17BrN4O. The van der Waals surface area contributed by atoms with E-state index in [4.69, 9.17) is 0 Å². The molecule has 1 aliphatic rings. The molecule has 1 amide bonds. The van der Waals surface area contributed by atoms with E-state index in [1.807, 2.05) is 11.0 Å². The van der Waals surface area contributed by atoms with Crippen LogP contribution in [0.5, 0.6) is 0 Å². The van der Waals surface area contributed by atoms with Crippen LogP contribution in [0.25, 0.3) is 5.65 Å². The monoisotopic (exact) mass is 384 g/mol. The molecule has 0 aliphatic carbocycles. The summed E-state index contributed by atoms with van der Waals surface area (Å²) >= 11 is 3.37. The van der Waals surface area contributed by atoms with E-state index in [9.17, 15) is 4.79 Å². The Hall–Kier alpha value is -2.21. The first kappa shape index (κ1) is 15.3. The van der Waals surface area contributed by atoms with Crippen molar-refractivity contribution in [3.05, 3.63) is 64.0 Å². The fourth-order valence-corrected chi connectivity index (χ4v) is 3.57. The van der Waals surface area contributed by atoms with Crippen LogP contribution in [-0.2, 0) is 13.0 Å². The lowest BCUT2D eigenvalue weighted by Gasteiger charge is -2.43. The van der Waals surface area contributed by atoms with Crippen LogP contribution in [0.1, 0.15) is 35.5 Å². The lowest BCUT2D eigenvalue weighted by molar-refractivity contribution is 0.0482. The molecule has 6 heteroatoms. The van der Waals surface area contributed by atoms with Crippen molar-refractivity contribution < 1.29 is 4.79 Å². The minimum atomic E-state index is -0.255. The summed E-state index contributed by atoms with van der Waals surface area (Å²) in [5.41, 5.74) is 3.35. The van der Waals surface area contributed by atoms with E-state index >= 15 is 0 Å². The fraction of sp³-hybridized carbons (Fsp3) is 0.278. The fourth-order valence-electron chi connectivity index (χ4n) is 3.27. The molecule has 24 heavy (non-hydrogen) atoms. The first-order valence-corrected chi connectivity index (χ1v) is 8.63. The van der Waals surface area contributed by atoms with E-state index in [0.717, 1.165) is 10.9 Å². The maximum atomic E-state index is 13.1. The van der Waals surface area contributed by atoms with Gasteiger partial charge in [0.25, 0.3) is 5.91 Å². The van der Waals surface area contributed by atoms with E-state index in [1.165, 1.54) is 11.1 Å². The van der Waals surface area contributed by atoms with Crippen LogP contribution in [0.4, 0.5) is 0 Å². The predicted molar refractivity (Wildman–Crippen MR) is 94.8 cm³/mol. The van der Waals surface area contributed by atoms with Gasteiger partial charge >= 0.3 is 0 Å². The topological polar surface area (TPSA) is 50.5 Å². The summed E-state index contributed by atoms with van der Waals surface area (Å²) < 4.78 is 2.45. The average Bonchev–Trinajstić information content (AvgIpc) is 2.95. The lowest BCUT2D eigenvalue weighted by Crippen LogP contribution is -2.51. The second-order valence-electron chi connectivity index (χ2n) is 6.75. The number of halogens is 1. The normalized spacial score (nSPS) is 16.2. The van der Waals surface area contributed by atoms with Crippen LogP contribution in [0.3, 0.4) is 0 Å². The molecule has 3 aromatic rings. The number of hydrogen-bond donors (Lipinski definition) is 0. The number of hydrogen-bond acceptors (Lipinski definition) is 3. The molecule has 0 bridgehead atoms. The summed E-state index contributed by atoms with van der Waals surface area (Å²) in [6, 6.07) is 10.0. The van der Waals surface area contributed by atoms with Crippen molar-refractivity contribution in [2.45, 2.75) is 32.4 Å². The minimum absolute atomic E-state index is 0.0591. The van der Waals surface area contributed by atoms with Crippen LogP contribution >= 0.6 is 15.9 Å². The highest BCUT2D eigenvalue weighted by Crippen LogP contribution is 2.31. The molecular weight excluding hydrogens is 368 g/mol. The minimum Gasteiger partial charge on any atom is -0.327 e. The molecule has 0 atom stereocenters. The molecule has 5 nitrogen and oxygen atoms in total. The molecule has 1 aliphatic heterocycles. The van der Waals surface area contributed by atoms with E-state index in [0.29, 0.717) is 17.9 Å². The van der Waals surface area contributed by atoms with Gasteiger partial charge in [0.1, 0.15) is 0 Å². The van der Waals surface area contributed by atoms with Gasteiger partial charge in [-0.3, -0.25) is 4.79 Å². The van der Waals surface area contributed by atoms with E-state index in [2.05, 4.69) is 58.1 Å². The second kappa shape index (κ2) is 5.41. The number of aromatic nitrogens is 3. The highest BCUT2D eigenvalue weighted by Gasteiger charge is 2.37. The number of fused-ring (bicyclic) bond motifs is 2. The van der Waals surface area contributed by atoms with Crippen molar-refractivity contribution in [1.29, 1.82) is 0 Å². The molecule has 1 aromatic carbocycles. The van der Waals surface area contributed by atoms with Gasteiger partial charge in [-0.2, -0.15) is 5.10 Å². The third-order valence-corrected chi connectivity index (χ3v) is 4.96. The van der Waals surface area contributed by atoms with Crippen LogP contribution in [0.2, 0.25) is 0 Å². The Labute approximate surface area is 148 Å². The van der Waals surface area contributed by atoms with Gasteiger partial charge in [-0.05, 0) is 47.3 Å².